The molecule has 4 rings (SSSR count). The van der Waals surface area contributed by atoms with E-state index in [9.17, 15) is 9.59 Å². The van der Waals surface area contributed by atoms with E-state index in [0.29, 0.717) is 44.0 Å². The summed E-state index contributed by atoms with van der Waals surface area (Å²) in [6, 6.07) is 16.6. The van der Waals surface area contributed by atoms with Crippen molar-refractivity contribution in [3.63, 3.8) is 0 Å². The first kappa shape index (κ1) is 21.0. The molecule has 0 unspecified atom stereocenters. The van der Waals surface area contributed by atoms with Gasteiger partial charge in [-0.25, -0.2) is 0 Å². The summed E-state index contributed by atoms with van der Waals surface area (Å²) in [5.41, 5.74) is 1.53. The van der Waals surface area contributed by atoms with Crippen molar-refractivity contribution in [3.05, 3.63) is 93.2 Å². The number of carbonyl (C=O) groups is 2. The number of rotatable bonds is 6. The first-order valence-electron chi connectivity index (χ1n) is 9.28. The SMILES string of the molecule is COc1ccc(C(=O)COc2ccc3c(c2)O/C(=C\c2ccc(Cl)cc2Cl)C3=O)cc1. The Morgan fingerprint density at radius 2 is 1.74 bits per heavy atom. The molecule has 0 saturated heterocycles. The number of methoxy groups -OCH3 is 1. The molecule has 0 radical (unpaired) electrons. The number of benzene rings is 3. The van der Waals surface area contributed by atoms with Crippen molar-refractivity contribution in [2.24, 2.45) is 0 Å². The quantitative estimate of drug-likeness (QED) is 0.343. The minimum Gasteiger partial charge on any atom is -0.497 e. The van der Waals surface area contributed by atoms with Gasteiger partial charge in [0.1, 0.15) is 17.2 Å². The predicted octanol–water partition coefficient (Wildman–Crippen LogP) is 5.88. The van der Waals surface area contributed by atoms with Gasteiger partial charge in [0, 0.05) is 21.7 Å². The molecule has 0 saturated carbocycles. The molecule has 31 heavy (non-hydrogen) atoms. The van der Waals surface area contributed by atoms with Crippen molar-refractivity contribution in [1.29, 1.82) is 0 Å². The van der Waals surface area contributed by atoms with Crippen molar-refractivity contribution in [2.75, 3.05) is 13.7 Å². The third kappa shape index (κ3) is 4.58. The Labute approximate surface area is 188 Å². The van der Waals surface area contributed by atoms with Crippen LogP contribution in [-0.2, 0) is 0 Å². The van der Waals surface area contributed by atoms with Crippen LogP contribution in [-0.4, -0.2) is 25.3 Å². The molecular weight excluding hydrogens is 439 g/mol. The van der Waals surface area contributed by atoms with Crippen LogP contribution in [0.2, 0.25) is 10.0 Å². The van der Waals surface area contributed by atoms with Crippen LogP contribution in [0.25, 0.3) is 6.08 Å². The molecule has 0 bridgehead atoms. The Bertz CT molecular complexity index is 1200. The summed E-state index contributed by atoms with van der Waals surface area (Å²) in [5, 5.41) is 0.911. The number of ether oxygens (including phenoxy) is 3. The third-order valence-corrected chi connectivity index (χ3v) is 5.23. The van der Waals surface area contributed by atoms with Crippen molar-refractivity contribution >= 4 is 40.8 Å². The van der Waals surface area contributed by atoms with Crippen LogP contribution in [0, 0.1) is 0 Å². The minimum absolute atomic E-state index is 0.144. The monoisotopic (exact) mass is 454 g/mol. The lowest BCUT2D eigenvalue weighted by atomic mass is 10.1. The second-order valence-electron chi connectivity index (χ2n) is 6.70. The van der Waals surface area contributed by atoms with Crippen LogP contribution >= 0.6 is 23.2 Å². The van der Waals surface area contributed by atoms with Gasteiger partial charge in [-0.15, -0.1) is 0 Å². The molecule has 0 amide bonds. The first-order valence-corrected chi connectivity index (χ1v) is 10.0. The number of carbonyl (C=O) groups excluding carboxylic acids is 2. The lowest BCUT2D eigenvalue weighted by Crippen LogP contribution is -2.11. The number of ketones is 2. The molecule has 0 atom stereocenters. The van der Waals surface area contributed by atoms with Crippen LogP contribution in [0.5, 0.6) is 17.2 Å². The second-order valence-corrected chi connectivity index (χ2v) is 7.55. The Morgan fingerprint density at radius 1 is 1.00 bits per heavy atom. The fourth-order valence-electron chi connectivity index (χ4n) is 3.03. The van der Waals surface area contributed by atoms with E-state index in [1.54, 1.807) is 73.8 Å². The van der Waals surface area contributed by atoms with Crippen molar-refractivity contribution in [3.8, 4) is 17.2 Å². The van der Waals surface area contributed by atoms with Gasteiger partial charge >= 0.3 is 0 Å². The van der Waals surface area contributed by atoms with Gasteiger partial charge in [0.25, 0.3) is 0 Å². The zero-order chi connectivity index (χ0) is 22.0. The van der Waals surface area contributed by atoms with E-state index in [0.717, 1.165) is 0 Å². The lowest BCUT2D eigenvalue weighted by molar-refractivity contribution is 0.0920. The van der Waals surface area contributed by atoms with Crippen LogP contribution < -0.4 is 14.2 Å². The van der Waals surface area contributed by atoms with E-state index in [1.807, 2.05) is 0 Å². The van der Waals surface area contributed by atoms with Gasteiger partial charge in [-0.2, -0.15) is 0 Å². The van der Waals surface area contributed by atoms with Gasteiger partial charge in [-0.3, -0.25) is 9.59 Å². The van der Waals surface area contributed by atoms with Gasteiger partial charge < -0.3 is 14.2 Å². The summed E-state index contributed by atoms with van der Waals surface area (Å²) in [7, 11) is 1.56. The molecule has 0 aromatic heterocycles. The Balaban J connectivity index is 1.46. The van der Waals surface area contributed by atoms with Crippen LogP contribution in [0.1, 0.15) is 26.3 Å². The first-order chi connectivity index (χ1) is 14.9. The maximum Gasteiger partial charge on any atom is 0.231 e. The molecule has 0 fully saturated rings. The fraction of sp³-hybridized carbons (Fsp3) is 0.0833. The minimum atomic E-state index is -0.262. The van der Waals surface area contributed by atoms with E-state index >= 15 is 0 Å². The zero-order valence-electron chi connectivity index (χ0n) is 16.4. The van der Waals surface area contributed by atoms with E-state index < -0.39 is 0 Å². The number of hydrogen-bond donors (Lipinski definition) is 0. The maximum absolute atomic E-state index is 12.6. The normalized spacial score (nSPS) is 13.6. The largest absolute Gasteiger partial charge is 0.497 e. The Morgan fingerprint density at radius 3 is 2.45 bits per heavy atom. The summed E-state index contributed by atoms with van der Waals surface area (Å²) in [6.07, 6.45) is 1.56. The molecule has 0 spiro atoms. The third-order valence-electron chi connectivity index (χ3n) is 4.67. The van der Waals surface area contributed by atoms with Crippen LogP contribution in [0.3, 0.4) is 0 Å². The predicted molar refractivity (Wildman–Crippen MR) is 119 cm³/mol. The lowest BCUT2D eigenvalue weighted by Gasteiger charge is -2.07. The maximum atomic E-state index is 12.6. The average Bonchev–Trinajstić information content (AvgIpc) is 3.08. The smallest absolute Gasteiger partial charge is 0.231 e. The highest BCUT2D eigenvalue weighted by atomic mass is 35.5. The van der Waals surface area contributed by atoms with Crippen LogP contribution in [0.15, 0.2) is 66.4 Å². The summed E-state index contributed by atoms with van der Waals surface area (Å²) < 4.78 is 16.4. The van der Waals surface area contributed by atoms with Crippen molar-refractivity contribution in [1.82, 2.24) is 0 Å². The van der Waals surface area contributed by atoms with Crippen LogP contribution in [0.4, 0.5) is 0 Å². The molecule has 7 heteroatoms. The molecule has 3 aromatic carbocycles. The molecular formula is C24H16Cl2O5. The van der Waals surface area contributed by atoms with E-state index in [1.165, 1.54) is 0 Å². The number of allylic oxidation sites excluding steroid dienone is 1. The number of hydrogen-bond acceptors (Lipinski definition) is 5. The summed E-state index contributed by atoms with van der Waals surface area (Å²) >= 11 is 12.1. The van der Waals surface area contributed by atoms with Crippen molar-refractivity contribution in [2.45, 2.75) is 0 Å². The van der Waals surface area contributed by atoms with Gasteiger partial charge in [-0.1, -0.05) is 29.3 Å². The van der Waals surface area contributed by atoms with E-state index in [-0.39, 0.29) is 23.9 Å². The molecule has 1 aliphatic rings. The van der Waals surface area contributed by atoms with E-state index in [4.69, 9.17) is 37.4 Å². The summed E-state index contributed by atoms with van der Waals surface area (Å²) in [5.74, 6) is 1.14. The summed E-state index contributed by atoms with van der Waals surface area (Å²) in [4.78, 5) is 25.0. The Hall–Kier alpha value is -3.28. The molecule has 5 nitrogen and oxygen atoms in total. The standard InChI is InChI=1S/C24H16Cl2O5/c1-29-17-6-3-14(4-7-17)21(27)13-30-18-8-9-19-22(12-18)31-23(24(19)28)10-15-2-5-16(25)11-20(15)26/h2-12H,13H2,1H3/b23-10-. The van der Waals surface area contributed by atoms with Gasteiger partial charge in [0.05, 0.1) is 12.7 Å². The van der Waals surface area contributed by atoms with Gasteiger partial charge in [-0.05, 0) is 60.2 Å². The zero-order valence-corrected chi connectivity index (χ0v) is 17.9. The number of halogens is 2. The van der Waals surface area contributed by atoms with Gasteiger partial charge in [0.2, 0.25) is 5.78 Å². The number of Topliss-reactive ketones (excluding diaryl/α,β-unsaturated/α-hetero) is 2. The fourth-order valence-corrected chi connectivity index (χ4v) is 3.49. The van der Waals surface area contributed by atoms with Crippen molar-refractivity contribution < 1.29 is 23.8 Å². The van der Waals surface area contributed by atoms with E-state index in [2.05, 4.69) is 0 Å². The Kier molecular flexibility index (Phi) is 5.98. The topological polar surface area (TPSA) is 61.8 Å². The molecule has 3 aromatic rings. The highest BCUT2D eigenvalue weighted by Crippen LogP contribution is 2.35. The molecule has 1 aliphatic heterocycles. The highest BCUT2D eigenvalue weighted by molar-refractivity contribution is 6.35. The summed E-state index contributed by atoms with van der Waals surface area (Å²) in [6.45, 7) is -0.151. The van der Waals surface area contributed by atoms with Gasteiger partial charge in [0.15, 0.2) is 18.1 Å². The number of fused-ring (bicyclic) bond motifs is 1. The molecule has 0 N–H and O–H groups in total. The molecule has 156 valence electrons. The second kappa shape index (κ2) is 8.84. The average molecular weight is 455 g/mol. The molecule has 0 aliphatic carbocycles. The highest BCUT2D eigenvalue weighted by Gasteiger charge is 2.28. The molecule has 1 heterocycles.